The molecular weight excluding hydrogens is 478 g/mol. The molecule has 0 heterocycles. The highest BCUT2D eigenvalue weighted by Crippen LogP contribution is 2.27. The average Bonchev–Trinajstić information content (AvgIpc) is 2.88. The fourth-order valence-corrected chi connectivity index (χ4v) is 3.57. The van der Waals surface area contributed by atoms with Crippen molar-refractivity contribution in [3.8, 4) is 17.6 Å². The van der Waals surface area contributed by atoms with Crippen LogP contribution in [0.4, 0.5) is 16.2 Å². The van der Waals surface area contributed by atoms with E-state index >= 15 is 0 Å². The van der Waals surface area contributed by atoms with Crippen LogP contribution in [0.2, 0.25) is 5.02 Å². The Balaban J connectivity index is 1.48. The van der Waals surface area contributed by atoms with Gasteiger partial charge in [-0.3, -0.25) is 4.79 Å². The number of benzene rings is 3. The molecule has 0 aliphatic heterocycles. The average molecular weight is 506 g/mol. The molecule has 0 bridgehead atoms. The van der Waals surface area contributed by atoms with Crippen LogP contribution in [0.25, 0.3) is 0 Å². The SMILES string of the molecule is CCN(CC)CCNC(=O)c1ccc(NC(=O)Nc2ccc(Oc3ccc(C#N)c(Cl)c3)cc2)cc1. The van der Waals surface area contributed by atoms with E-state index in [1.807, 2.05) is 6.07 Å². The predicted molar refractivity (Wildman–Crippen MR) is 142 cm³/mol. The quantitative estimate of drug-likeness (QED) is 0.326. The number of carbonyl (C=O) groups is 2. The van der Waals surface area contributed by atoms with Gasteiger partial charge in [-0.25, -0.2) is 4.79 Å². The molecule has 9 heteroatoms. The van der Waals surface area contributed by atoms with Crippen LogP contribution in [-0.2, 0) is 0 Å². The standard InChI is InChI=1S/C27H28ClN5O3/c1-3-33(4-2)16-15-30-26(34)19-5-8-21(9-6-19)31-27(35)32-22-10-13-23(14-11-22)36-24-12-7-20(18-29)25(28)17-24/h5-14,17H,3-4,15-16H2,1-2H3,(H,30,34)(H2,31,32,35). The maximum Gasteiger partial charge on any atom is 0.323 e. The van der Waals surface area contributed by atoms with Crippen LogP contribution in [0, 0.1) is 11.3 Å². The fraction of sp³-hybridized carbons (Fsp3) is 0.222. The van der Waals surface area contributed by atoms with Crippen molar-refractivity contribution in [3.63, 3.8) is 0 Å². The molecule has 0 spiro atoms. The number of urea groups is 1. The zero-order valence-electron chi connectivity index (χ0n) is 20.2. The highest BCUT2D eigenvalue weighted by Gasteiger charge is 2.08. The lowest BCUT2D eigenvalue weighted by Gasteiger charge is -2.18. The molecule has 0 fully saturated rings. The third kappa shape index (κ3) is 7.73. The summed E-state index contributed by atoms with van der Waals surface area (Å²) in [6.45, 7) is 7.45. The zero-order valence-corrected chi connectivity index (χ0v) is 20.9. The predicted octanol–water partition coefficient (Wildman–Crippen LogP) is 5.72. The normalized spacial score (nSPS) is 10.4. The highest BCUT2D eigenvalue weighted by molar-refractivity contribution is 6.31. The molecule has 3 amide bonds. The van der Waals surface area contributed by atoms with Gasteiger partial charge < -0.3 is 25.6 Å². The van der Waals surface area contributed by atoms with Gasteiger partial charge in [0.05, 0.1) is 10.6 Å². The smallest absolute Gasteiger partial charge is 0.323 e. The van der Waals surface area contributed by atoms with Crippen LogP contribution in [0.1, 0.15) is 29.8 Å². The molecule has 0 aliphatic carbocycles. The number of anilines is 2. The summed E-state index contributed by atoms with van der Waals surface area (Å²) in [7, 11) is 0. The van der Waals surface area contributed by atoms with Crippen molar-refractivity contribution in [1.29, 1.82) is 5.26 Å². The van der Waals surface area contributed by atoms with Crippen molar-refractivity contribution < 1.29 is 14.3 Å². The van der Waals surface area contributed by atoms with Gasteiger partial charge >= 0.3 is 6.03 Å². The molecule has 36 heavy (non-hydrogen) atoms. The third-order valence-electron chi connectivity index (χ3n) is 5.42. The summed E-state index contributed by atoms with van der Waals surface area (Å²) in [4.78, 5) is 26.9. The number of carbonyl (C=O) groups excluding carboxylic acids is 2. The molecule has 3 rings (SSSR count). The number of ether oxygens (including phenoxy) is 1. The van der Waals surface area contributed by atoms with Gasteiger partial charge in [0.15, 0.2) is 0 Å². The van der Waals surface area contributed by atoms with E-state index < -0.39 is 6.03 Å². The molecule has 0 atom stereocenters. The third-order valence-corrected chi connectivity index (χ3v) is 5.73. The molecule has 0 radical (unpaired) electrons. The van der Waals surface area contributed by atoms with E-state index in [0.29, 0.717) is 45.6 Å². The minimum absolute atomic E-state index is 0.149. The first-order chi connectivity index (χ1) is 17.4. The van der Waals surface area contributed by atoms with E-state index in [9.17, 15) is 9.59 Å². The number of halogens is 1. The second-order valence-corrected chi connectivity index (χ2v) is 8.23. The Morgan fingerprint density at radius 3 is 2.06 bits per heavy atom. The zero-order chi connectivity index (χ0) is 25.9. The first kappa shape index (κ1) is 26.5. The lowest BCUT2D eigenvalue weighted by atomic mass is 10.2. The van der Waals surface area contributed by atoms with E-state index in [-0.39, 0.29) is 5.91 Å². The molecule has 0 saturated carbocycles. The van der Waals surface area contributed by atoms with Crippen LogP contribution in [0.3, 0.4) is 0 Å². The topological polar surface area (TPSA) is 106 Å². The Hall–Kier alpha value is -4.06. The number of hydrogen-bond acceptors (Lipinski definition) is 5. The number of hydrogen-bond donors (Lipinski definition) is 3. The molecule has 0 aliphatic rings. The van der Waals surface area contributed by atoms with Gasteiger partial charge in [0.25, 0.3) is 5.91 Å². The van der Waals surface area contributed by atoms with E-state index in [0.717, 1.165) is 19.6 Å². The number of nitrogens with zero attached hydrogens (tertiary/aromatic N) is 2. The van der Waals surface area contributed by atoms with Crippen LogP contribution in [0.15, 0.2) is 66.7 Å². The summed E-state index contributed by atoms with van der Waals surface area (Å²) < 4.78 is 5.74. The first-order valence-electron chi connectivity index (χ1n) is 11.6. The maximum atomic E-state index is 12.4. The molecule has 3 aromatic carbocycles. The first-order valence-corrected chi connectivity index (χ1v) is 12.0. The van der Waals surface area contributed by atoms with Gasteiger partial charge in [-0.15, -0.1) is 0 Å². The minimum Gasteiger partial charge on any atom is -0.457 e. The van der Waals surface area contributed by atoms with Crippen LogP contribution < -0.4 is 20.7 Å². The number of likely N-dealkylation sites (N-methyl/N-ethyl adjacent to an activating group) is 1. The Labute approximate surface area is 215 Å². The van der Waals surface area contributed by atoms with Gasteiger partial charge in [-0.05, 0) is 73.8 Å². The van der Waals surface area contributed by atoms with Crippen LogP contribution in [-0.4, -0.2) is 43.0 Å². The van der Waals surface area contributed by atoms with E-state index in [2.05, 4.69) is 34.7 Å². The van der Waals surface area contributed by atoms with E-state index in [4.69, 9.17) is 21.6 Å². The van der Waals surface area contributed by atoms with Gasteiger partial charge in [0.1, 0.15) is 17.6 Å². The van der Waals surface area contributed by atoms with Crippen molar-refractivity contribution in [2.24, 2.45) is 0 Å². The van der Waals surface area contributed by atoms with E-state index in [1.54, 1.807) is 66.7 Å². The number of rotatable bonds is 10. The molecule has 3 N–H and O–H groups in total. The van der Waals surface area contributed by atoms with Crippen LogP contribution in [0.5, 0.6) is 11.5 Å². The minimum atomic E-state index is -0.418. The Bertz CT molecular complexity index is 1220. The second-order valence-electron chi connectivity index (χ2n) is 7.82. The van der Waals surface area contributed by atoms with Crippen molar-refractivity contribution >= 4 is 34.9 Å². The molecule has 0 aromatic heterocycles. The van der Waals surface area contributed by atoms with Crippen molar-refractivity contribution in [2.45, 2.75) is 13.8 Å². The fourth-order valence-electron chi connectivity index (χ4n) is 3.36. The largest absolute Gasteiger partial charge is 0.457 e. The molecule has 0 saturated heterocycles. The van der Waals surface area contributed by atoms with Crippen molar-refractivity contribution in [2.75, 3.05) is 36.8 Å². The van der Waals surface area contributed by atoms with Gasteiger partial charge in [-0.2, -0.15) is 5.26 Å². The molecule has 3 aromatic rings. The Kier molecular flexibility index (Phi) is 9.69. The number of nitrogens with one attached hydrogen (secondary N) is 3. The second kappa shape index (κ2) is 13.1. The number of amides is 3. The molecule has 186 valence electrons. The lowest BCUT2D eigenvalue weighted by Crippen LogP contribution is -2.34. The molecule has 0 unspecified atom stereocenters. The lowest BCUT2D eigenvalue weighted by molar-refractivity contribution is 0.0949. The van der Waals surface area contributed by atoms with Gasteiger partial charge in [-0.1, -0.05) is 25.4 Å². The number of nitriles is 1. The monoisotopic (exact) mass is 505 g/mol. The van der Waals surface area contributed by atoms with Crippen molar-refractivity contribution in [1.82, 2.24) is 10.2 Å². The van der Waals surface area contributed by atoms with Gasteiger partial charge in [0, 0.05) is 36.1 Å². The summed E-state index contributed by atoms with van der Waals surface area (Å²) in [5.74, 6) is 0.898. The van der Waals surface area contributed by atoms with Gasteiger partial charge in [0.2, 0.25) is 0 Å². The maximum absolute atomic E-state index is 12.4. The Morgan fingerprint density at radius 1 is 0.917 bits per heavy atom. The van der Waals surface area contributed by atoms with E-state index in [1.165, 1.54) is 0 Å². The summed E-state index contributed by atoms with van der Waals surface area (Å²) in [6, 6.07) is 19.9. The van der Waals surface area contributed by atoms with Crippen molar-refractivity contribution in [3.05, 3.63) is 82.9 Å². The summed E-state index contributed by atoms with van der Waals surface area (Å²) >= 11 is 6.03. The highest BCUT2D eigenvalue weighted by atomic mass is 35.5. The summed E-state index contributed by atoms with van der Waals surface area (Å²) in [5.41, 5.74) is 2.03. The Morgan fingerprint density at radius 2 is 1.50 bits per heavy atom. The molecule has 8 nitrogen and oxygen atoms in total. The summed E-state index contributed by atoms with van der Waals surface area (Å²) in [5, 5.41) is 17.7. The molecular formula is C27H28ClN5O3. The van der Waals surface area contributed by atoms with Crippen LogP contribution >= 0.6 is 11.6 Å². The summed E-state index contributed by atoms with van der Waals surface area (Å²) in [6.07, 6.45) is 0.